The van der Waals surface area contributed by atoms with Gasteiger partial charge in [-0.15, -0.1) is 0 Å². The van der Waals surface area contributed by atoms with E-state index in [1.807, 2.05) is 41.5 Å². The molecule has 12 heteroatoms. The summed E-state index contributed by atoms with van der Waals surface area (Å²) in [5, 5.41) is 5.58. The van der Waals surface area contributed by atoms with Crippen LogP contribution < -0.4 is 15.4 Å². The Morgan fingerprint density at radius 3 is 2.02 bits per heavy atom. The Labute approximate surface area is 239 Å². The summed E-state index contributed by atoms with van der Waals surface area (Å²) in [5.74, 6) is -1.88. The van der Waals surface area contributed by atoms with Gasteiger partial charge in [0.15, 0.2) is 0 Å². The number of alkyl carbamates (subject to hydrolysis) is 1. The number of ether oxygens (including phenoxy) is 1. The number of nitrogens with zero attached hydrogens (tertiary/aromatic N) is 1. The predicted octanol–water partition coefficient (Wildman–Crippen LogP) is 2.84. The summed E-state index contributed by atoms with van der Waals surface area (Å²) in [4.78, 5) is 55.3. The molecule has 11 nitrogen and oxygen atoms in total. The topological polar surface area (TPSA) is 151 Å². The van der Waals surface area contributed by atoms with Crippen LogP contribution in [0, 0.1) is 16.7 Å². The van der Waals surface area contributed by atoms with Gasteiger partial charge in [-0.3, -0.25) is 19.1 Å². The fourth-order valence-electron chi connectivity index (χ4n) is 5.45. The maximum Gasteiger partial charge on any atom is 0.408 e. The summed E-state index contributed by atoms with van der Waals surface area (Å²) in [7, 11) is -3.88. The molecule has 3 rings (SSSR count). The second kappa shape index (κ2) is 10.2. The number of nitrogens with one attached hydrogen (secondary N) is 3. The van der Waals surface area contributed by atoms with Crippen LogP contribution >= 0.6 is 0 Å². The molecule has 3 aliphatic rings. The molecule has 0 spiro atoms. The molecule has 3 N–H and O–H groups in total. The van der Waals surface area contributed by atoms with Crippen molar-refractivity contribution in [3.8, 4) is 0 Å². The molecule has 0 bridgehead atoms. The summed E-state index contributed by atoms with van der Waals surface area (Å²) in [6.07, 6.45) is 1.65. The molecule has 0 radical (unpaired) electrons. The first kappa shape index (κ1) is 32.1. The van der Waals surface area contributed by atoms with E-state index in [0.29, 0.717) is 32.1 Å². The van der Waals surface area contributed by atoms with Crippen LogP contribution in [-0.2, 0) is 29.1 Å². The van der Waals surface area contributed by atoms with E-state index in [1.165, 1.54) is 4.90 Å². The van der Waals surface area contributed by atoms with Crippen LogP contribution in [0.15, 0.2) is 0 Å². The van der Waals surface area contributed by atoms with E-state index in [2.05, 4.69) is 15.4 Å². The van der Waals surface area contributed by atoms with Crippen LogP contribution in [0.5, 0.6) is 0 Å². The first-order chi connectivity index (χ1) is 18.0. The Morgan fingerprint density at radius 2 is 1.57 bits per heavy atom. The summed E-state index contributed by atoms with van der Waals surface area (Å²) < 4.78 is 32.2. The van der Waals surface area contributed by atoms with E-state index in [9.17, 15) is 27.6 Å². The molecule has 1 aliphatic heterocycles. The molecule has 228 valence electrons. The van der Waals surface area contributed by atoms with Gasteiger partial charge < -0.3 is 20.3 Å². The van der Waals surface area contributed by atoms with Crippen molar-refractivity contribution in [2.24, 2.45) is 16.7 Å². The second-order valence-corrected chi connectivity index (χ2v) is 17.0. The van der Waals surface area contributed by atoms with Crippen molar-refractivity contribution < 1.29 is 32.3 Å². The predicted molar refractivity (Wildman–Crippen MR) is 150 cm³/mol. The number of carbonyl (C=O) groups is 4. The van der Waals surface area contributed by atoms with Gasteiger partial charge in [-0.2, -0.15) is 0 Å². The quantitative estimate of drug-likeness (QED) is 0.397. The fourth-order valence-corrected chi connectivity index (χ4v) is 6.76. The van der Waals surface area contributed by atoms with E-state index in [1.54, 1.807) is 27.7 Å². The molecule has 0 aromatic rings. The van der Waals surface area contributed by atoms with Crippen molar-refractivity contribution in [2.45, 2.75) is 129 Å². The summed E-state index contributed by atoms with van der Waals surface area (Å²) in [6.45, 7) is 18.2. The number of hydrogen-bond donors (Lipinski definition) is 3. The summed E-state index contributed by atoms with van der Waals surface area (Å²) in [6, 6.07) is -1.90. The highest BCUT2D eigenvalue weighted by molar-refractivity contribution is 7.91. The monoisotopic (exact) mass is 584 g/mol. The van der Waals surface area contributed by atoms with Crippen molar-refractivity contribution in [1.29, 1.82) is 0 Å². The van der Waals surface area contributed by atoms with Gasteiger partial charge in [0.2, 0.25) is 21.8 Å². The number of carbonyl (C=O) groups excluding carboxylic acids is 4. The minimum Gasteiger partial charge on any atom is -0.444 e. The molecule has 40 heavy (non-hydrogen) atoms. The first-order valence-corrected chi connectivity index (χ1v) is 15.7. The van der Waals surface area contributed by atoms with Crippen LogP contribution in [-0.4, -0.2) is 71.6 Å². The van der Waals surface area contributed by atoms with Gasteiger partial charge in [0.05, 0.1) is 4.75 Å². The lowest BCUT2D eigenvalue weighted by atomic mass is 9.82. The van der Waals surface area contributed by atoms with E-state index < -0.39 is 72.6 Å². The lowest BCUT2D eigenvalue weighted by molar-refractivity contribution is -0.145. The zero-order valence-electron chi connectivity index (χ0n) is 25.7. The lowest BCUT2D eigenvalue weighted by Gasteiger charge is -2.38. The molecule has 4 unspecified atom stereocenters. The van der Waals surface area contributed by atoms with Gasteiger partial charge in [0.25, 0.3) is 5.91 Å². The van der Waals surface area contributed by atoms with Crippen LogP contribution in [0.25, 0.3) is 0 Å². The van der Waals surface area contributed by atoms with E-state index >= 15 is 0 Å². The fraction of sp³-hybridized carbons (Fsp3) is 0.857. The Kier molecular flexibility index (Phi) is 8.17. The van der Waals surface area contributed by atoms with Crippen molar-refractivity contribution in [1.82, 2.24) is 20.3 Å². The maximum atomic E-state index is 14.0. The average Bonchev–Trinajstić information content (AvgIpc) is 3.66. The third kappa shape index (κ3) is 6.41. The van der Waals surface area contributed by atoms with Crippen molar-refractivity contribution >= 4 is 33.8 Å². The lowest BCUT2D eigenvalue weighted by Crippen LogP contribution is -2.62. The minimum atomic E-state index is -3.88. The van der Waals surface area contributed by atoms with Gasteiger partial charge in [-0.05, 0) is 70.1 Å². The molecule has 2 aliphatic carbocycles. The first-order valence-electron chi connectivity index (χ1n) is 14.2. The van der Waals surface area contributed by atoms with Crippen LogP contribution in [0.1, 0.15) is 101 Å². The smallest absolute Gasteiger partial charge is 0.408 e. The minimum absolute atomic E-state index is 0.219. The standard InChI is InChI=1S/C28H48N4O7S/c1-11-17-16-28(17,22(35)31-40(37,38)27(10)12-13-27)30-20(33)19-26(8,9)14-15-32(19)21(34)18(24(2,3)4)29-23(36)39-25(5,6)7/h17-19H,11-16H2,1-10H3,(H,29,36)(H,30,33)(H,31,35). The van der Waals surface area contributed by atoms with Crippen LogP contribution in [0.4, 0.5) is 4.79 Å². The third-order valence-corrected chi connectivity index (χ3v) is 10.7. The summed E-state index contributed by atoms with van der Waals surface area (Å²) >= 11 is 0. The maximum absolute atomic E-state index is 14.0. The van der Waals surface area contributed by atoms with Gasteiger partial charge in [-0.25, -0.2) is 13.2 Å². The second-order valence-electron chi connectivity index (χ2n) is 14.8. The molecule has 4 atom stereocenters. The highest BCUT2D eigenvalue weighted by Crippen LogP contribution is 2.48. The summed E-state index contributed by atoms with van der Waals surface area (Å²) in [5.41, 5.74) is -3.43. The molecule has 1 saturated heterocycles. The van der Waals surface area contributed by atoms with Crippen LogP contribution in [0.2, 0.25) is 0 Å². The Morgan fingerprint density at radius 1 is 1.00 bits per heavy atom. The largest absolute Gasteiger partial charge is 0.444 e. The molecular formula is C28H48N4O7S. The highest BCUT2D eigenvalue weighted by atomic mass is 32.2. The van der Waals surface area contributed by atoms with Crippen molar-refractivity contribution in [3.05, 3.63) is 0 Å². The molecule has 1 heterocycles. The SMILES string of the molecule is CCC1CC1(NC(=O)C1N(C(=O)C(NC(=O)OC(C)(C)C)C(C)(C)C)CCC1(C)C)C(=O)NS(=O)(=O)C1(C)CC1. The highest BCUT2D eigenvalue weighted by Gasteiger charge is 2.63. The molecule has 0 aromatic heterocycles. The van der Waals surface area contributed by atoms with Gasteiger partial charge in [-0.1, -0.05) is 48.0 Å². The molecule has 0 aromatic carbocycles. The van der Waals surface area contributed by atoms with Gasteiger partial charge in [0, 0.05) is 6.54 Å². The number of hydrogen-bond acceptors (Lipinski definition) is 7. The zero-order chi connectivity index (χ0) is 30.7. The van der Waals surface area contributed by atoms with Crippen molar-refractivity contribution in [3.63, 3.8) is 0 Å². The molecule has 2 saturated carbocycles. The Balaban J connectivity index is 1.85. The number of likely N-dealkylation sites (tertiary alicyclic amines) is 1. The normalized spacial score (nSPS) is 27.8. The van der Waals surface area contributed by atoms with E-state index in [4.69, 9.17) is 4.74 Å². The Hall–Kier alpha value is -2.37. The molecule has 3 fully saturated rings. The number of sulfonamides is 1. The van der Waals surface area contributed by atoms with Crippen LogP contribution in [0.3, 0.4) is 0 Å². The molecular weight excluding hydrogens is 536 g/mol. The zero-order valence-corrected chi connectivity index (χ0v) is 26.5. The van der Waals surface area contributed by atoms with Gasteiger partial charge in [0.1, 0.15) is 23.2 Å². The molecule has 4 amide bonds. The van der Waals surface area contributed by atoms with Crippen molar-refractivity contribution in [2.75, 3.05) is 6.54 Å². The number of amides is 4. The average molecular weight is 585 g/mol. The Bertz CT molecular complexity index is 1160. The van der Waals surface area contributed by atoms with Gasteiger partial charge >= 0.3 is 6.09 Å². The van der Waals surface area contributed by atoms with E-state index in [0.717, 1.165) is 0 Å². The third-order valence-electron chi connectivity index (χ3n) is 8.53. The number of rotatable bonds is 8. The van der Waals surface area contributed by atoms with E-state index in [-0.39, 0.29) is 12.5 Å².